The summed E-state index contributed by atoms with van der Waals surface area (Å²) in [6.07, 6.45) is 1.28. The molecule has 3 aromatic rings. The van der Waals surface area contributed by atoms with Gasteiger partial charge in [0.25, 0.3) is 0 Å². The van der Waals surface area contributed by atoms with Gasteiger partial charge in [-0.05, 0) is 43.7 Å². The molecule has 3 rings (SSSR count). The van der Waals surface area contributed by atoms with E-state index in [9.17, 15) is 9.59 Å². The molecular formula is C23H22O6. The first-order chi connectivity index (χ1) is 14.0. The molecule has 6 heteroatoms. The van der Waals surface area contributed by atoms with Gasteiger partial charge in [0.05, 0.1) is 11.7 Å². The van der Waals surface area contributed by atoms with Crippen LogP contribution in [0.4, 0.5) is 0 Å². The zero-order chi connectivity index (χ0) is 20.6. The minimum Gasteiger partial charge on any atom is -0.491 e. The summed E-state index contributed by atoms with van der Waals surface area (Å²) in [7, 11) is 0. The van der Waals surface area contributed by atoms with Crippen molar-refractivity contribution in [1.82, 2.24) is 0 Å². The first-order valence-electron chi connectivity index (χ1n) is 9.23. The molecule has 0 aliphatic heterocycles. The molecule has 0 unspecified atom stereocenters. The van der Waals surface area contributed by atoms with Crippen LogP contribution in [0, 0.1) is 0 Å². The summed E-state index contributed by atoms with van der Waals surface area (Å²) in [4.78, 5) is 24.3. The molecule has 1 aromatic heterocycles. The highest BCUT2D eigenvalue weighted by Crippen LogP contribution is 2.15. The SMILES string of the molecule is CC(C)Oc1ccc(C(=O)OCc2cc(=O)c(OCc3ccccc3)co2)cc1. The molecule has 0 bridgehead atoms. The summed E-state index contributed by atoms with van der Waals surface area (Å²) >= 11 is 0. The Labute approximate surface area is 168 Å². The third-order valence-electron chi connectivity index (χ3n) is 3.90. The molecule has 0 aliphatic rings. The van der Waals surface area contributed by atoms with Gasteiger partial charge in [0.1, 0.15) is 31.0 Å². The summed E-state index contributed by atoms with van der Waals surface area (Å²) in [5, 5.41) is 0. The van der Waals surface area contributed by atoms with E-state index in [4.69, 9.17) is 18.6 Å². The number of benzene rings is 2. The van der Waals surface area contributed by atoms with E-state index < -0.39 is 5.97 Å². The Morgan fingerprint density at radius 3 is 2.38 bits per heavy atom. The first kappa shape index (κ1) is 20.2. The van der Waals surface area contributed by atoms with Crippen molar-refractivity contribution in [3.05, 3.63) is 94.0 Å². The molecule has 0 amide bonds. The summed E-state index contributed by atoms with van der Waals surface area (Å²) in [6.45, 7) is 3.95. The van der Waals surface area contributed by atoms with Crippen LogP contribution in [-0.4, -0.2) is 12.1 Å². The van der Waals surface area contributed by atoms with Crippen molar-refractivity contribution in [3.63, 3.8) is 0 Å². The lowest BCUT2D eigenvalue weighted by molar-refractivity contribution is 0.0442. The first-order valence-corrected chi connectivity index (χ1v) is 9.23. The predicted molar refractivity (Wildman–Crippen MR) is 107 cm³/mol. The number of ether oxygens (including phenoxy) is 3. The zero-order valence-electron chi connectivity index (χ0n) is 16.3. The number of esters is 1. The normalized spacial score (nSPS) is 10.6. The molecule has 1 heterocycles. The lowest BCUT2D eigenvalue weighted by Gasteiger charge is -2.10. The van der Waals surface area contributed by atoms with E-state index in [1.807, 2.05) is 44.2 Å². The van der Waals surface area contributed by atoms with Crippen LogP contribution in [0.25, 0.3) is 0 Å². The standard InChI is InChI=1S/C23H22O6/c1-16(2)29-19-10-8-18(9-11-19)23(25)28-14-20-12-21(24)22(15-26-20)27-13-17-6-4-3-5-7-17/h3-12,15-16H,13-14H2,1-2H3. The van der Waals surface area contributed by atoms with E-state index in [0.29, 0.717) is 11.3 Å². The summed E-state index contributed by atoms with van der Waals surface area (Å²) in [6, 6.07) is 17.4. The van der Waals surface area contributed by atoms with E-state index in [-0.39, 0.29) is 36.3 Å². The van der Waals surface area contributed by atoms with Crippen molar-refractivity contribution >= 4 is 5.97 Å². The molecular weight excluding hydrogens is 372 g/mol. The second kappa shape index (κ2) is 9.59. The fraction of sp³-hybridized carbons (Fsp3) is 0.217. The Morgan fingerprint density at radius 2 is 1.72 bits per heavy atom. The molecule has 0 atom stereocenters. The van der Waals surface area contributed by atoms with Gasteiger partial charge in [0.15, 0.2) is 0 Å². The summed E-state index contributed by atoms with van der Waals surface area (Å²) < 4.78 is 21.6. The molecule has 0 saturated heterocycles. The highest BCUT2D eigenvalue weighted by atomic mass is 16.5. The topological polar surface area (TPSA) is 75.0 Å². The van der Waals surface area contributed by atoms with E-state index in [1.165, 1.54) is 12.3 Å². The van der Waals surface area contributed by atoms with Crippen molar-refractivity contribution in [3.8, 4) is 11.5 Å². The van der Waals surface area contributed by atoms with E-state index in [1.54, 1.807) is 24.3 Å². The number of hydrogen-bond acceptors (Lipinski definition) is 6. The lowest BCUT2D eigenvalue weighted by Crippen LogP contribution is -2.10. The van der Waals surface area contributed by atoms with Crippen molar-refractivity contribution in [2.45, 2.75) is 33.2 Å². The molecule has 0 saturated carbocycles. The minimum atomic E-state index is -0.520. The van der Waals surface area contributed by atoms with Gasteiger partial charge in [-0.25, -0.2) is 4.79 Å². The average Bonchev–Trinajstić information content (AvgIpc) is 2.72. The quantitative estimate of drug-likeness (QED) is 0.529. The molecule has 29 heavy (non-hydrogen) atoms. The maximum atomic E-state index is 12.2. The third kappa shape index (κ3) is 5.97. The van der Waals surface area contributed by atoms with Crippen LogP contribution in [-0.2, 0) is 18.0 Å². The van der Waals surface area contributed by atoms with Gasteiger partial charge in [0.2, 0.25) is 11.2 Å². The van der Waals surface area contributed by atoms with Crippen LogP contribution in [0.3, 0.4) is 0 Å². The summed E-state index contributed by atoms with van der Waals surface area (Å²) in [5.74, 6) is 0.488. The molecule has 0 aliphatic carbocycles. The second-order valence-electron chi connectivity index (χ2n) is 6.62. The van der Waals surface area contributed by atoms with Gasteiger partial charge in [-0.2, -0.15) is 0 Å². The molecule has 0 spiro atoms. The van der Waals surface area contributed by atoms with Crippen LogP contribution in [0.1, 0.15) is 35.5 Å². The number of carbonyl (C=O) groups is 1. The van der Waals surface area contributed by atoms with Crippen LogP contribution >= 0.6 is 0 Å². The van der Waals surface area contributed by atoms with E-state index >= 15 is 0 Å². The van der Waals surface area contributed by atoms with Crippen LogP contribution in [0.2, 0.25) is 0 Å². The minimum absolute atomic E-state index is 0.0512. The van der Waals surface area contributed by atoms with Gasteiger partial charge in [-0.15, -0.1) is 0 Å². The van der Waals surface area contributed by atoms with Gasteiger partial charge in [-0.3, -0.25) is 4.79 Å². The van der Waals surface area contributed by atoms with Crippen molar-refractivity contribution in [2.75, 3.05) is 0 Å². The molecule has 2 aromatic carbocycles. The second-order valence-corrected chi connectivity index (χ2v) is 6.62. The van der Waals surface area contributed by atoms with Gasteiger partial charge in [0, 0.05) is 6.07 Å². The fourth-order valence-electron chi connectivity index (χ4n) is 2.52. The Hall–Kier alpha value is -3.54. The molecule has 6 nitrogen and oxygen atoms in total. The van der Waals surface area contributed by atoms with Crippen molar-refractivity contribution in [2.24, 2.45) is 0 Å². The number of hydrogen-bond donors (Lipinski definition) is 0. The third-order valence-corrected chi connectivity index (χ3v) is 3.90. The predicted octanol–water partition coefficient (Wildman–Crippen LogP) is 4.36. The van der Waals surface area contributed by atoms with E-state index in [0.717, 1.165) is 5.56 Å². The van der Waals surface area contributed by atoms with Gasteiger partial charge in [-0.1, -0.05) is 30.3 Å². The van der Waals surface area contributed by atoms with Gasteiger partial charge >= 0.3 is 5.97 Å². The molecule has 0 fully saturated rings. The Balaban J connectivity index is 1.54. The number of rotatable bonds is 8. The lowest BCUT2D eigenvalue weighted by atomic mass is 10.2. The average molecular weight is 394 g/mol. The largest absolute Gasteiger partial charge is 0.491 e. The molecule has 0 radical (unpaired) electrons. The monoisotopic (exact) mass is 394 g/mol. The highest BCUT2D eigenvalue weighted by Gasteiger charge is 2.11. The zero-order valence-corrected chi connectivity index (χ0v) is 16.3. The van der Waals surface area contributed by atoms with Crippen LogP contribution in [0.5, 0.6) is 11.5 Å². The molecule has 0 N–H and O–H groups in total. The smallest absolute Gasteiger partial charge is 0.338 e. The van der Waals surface area contributed by atoms with E-state index in [2.05, 4.69) is 0 Å². The maximum Gasteiger partial charge on any atom is 0.338 e. The van der Waals surface area contributed by atoms with Gasteiger partial charge < -0.3 is 18.6 Å². The van der Waals surface area contributed by atoms with Crippen LogP contribution in [0.15, 0.2) is 76.1 Å². The highest BCUT2D eigenvalue weighted by molar-refractivity contribution is 5.89. The Bertz CT molecular complexity index is 990. The van der Waals surface area contributed by atoms with Crippen LogP contribution < -0.4 is 14.9 Å². The Kier molecular flexibility index (Phi) is 6.68. The Morgan fingerprint density at radius 1 is 1.00 bits per heavy atom. The van der Waals surface area contributed by atoms with Crippen molar-refractivity contribution in [1.29, 1.82) is 0 Å². The summed E-state index contributed by atoms with van der Waals surface area (Å²) in [5.41, 5.74) is 0.981. The molecule has 150 valence electrons. The fourth-order valence-corrected chi connectivity index (χ4v) is 2.52. The maximum absolute atomic E-state index is 12.2. The van der Waals surface area contributed by atoms with Crippen molar-refractivity contribution < 1.29 is 23.4 Å². The number of carbonyl (C=O) groups excluding carboxylic acids is 1.